The molecule has 2 rings (SSSR count). The van der Waals surface area contributed by atoms with Gasteiger partial charge in [-0.3, -0.25) is 4.79 Å². The van der Waals surface area contributed by atoms with Gasteiger partial charge in [-0.25, -0.2) is 9.78 Å². The maximum Gasteiger partial charge on any atom is 0.328 e. The Morgan fingerprint density at radius 1 is 1.23 bits per heavy atom. The molecule has 0 fully saturated rings. The van der Waals surface area contributed by atoms with Crippen LogP contribution in [0, 0.1) is 0 Å². The number of carbonyl (C=O) groups excluding carboxylic acids is 2. The Kier molecular flexibility index (Phi) is 8.22. The fraction of sp³-hybridized carbons (Fsp3) is 0.318. The maximum absolute atomic E-state index is 12.5. The van der Waals surface area contributed by atoms with Gasteiger partial charge in [0.1, 0.15) is 24.0 Å². The van der Waals surface area contributed by atoms with E-state index in [-0.39, 0.29) is 11.4 Å². The van der Waals surface area contributed by atoms with Crippen molar-refractivity contribution < 1.29 is 28.9 Å². The summed E-state index contributed by atoms with van der Waals surface area (Å²) < 4.78 is 16.3. The van der Waals surface area contributed by atoms with Crippen molar-refractivity contribution in [3.05, 3.63) is 60.9 Å². The van der Waals surface area contributed by atoms with Gasteiger partial charge in [-0.2, -0.15) is 0 Å². The van der Waals surface area contributed by atoms with Gasteiger partial charge >= 0.3 is 5.97 Å². The van der Waals surface area contributed by atoms with Crippen LogP contribution < -0.4 is 14.8 Å². The fourth-order valence-electron chi connectivity index (χ4n) is 2.63. The fourth-order valence-corrected chi connectivity index (χ4v) is 2.63. The summed E-state index contributed by atoms with van der Waals surface area (Å²) in [5, 5.41) is 12.5. The maximum atomic E-state index is 12.5. The van der Waals surface area contributed by atoms with Crippen LogP contribution in [-0.4, -0.2) is 47.3 Å². The molecule has 2 aromatic rings. The molecule has 0 spiro atoms. The molecule has 3 atom stereocenters. The Morgan fingerprint density at radius 2 is 1.93 bits per heavy atom. The van der Waals surface area contributed by atoms with Crippen LogP contribution in [0.15, 0.2) is 55.3 Å². The number of aromatic nitrogens is 1. The van der Waals surface area contributed by atoms with E-state index < -0.39 is 35.9 Å². The Hall–Kier alpha value is -3.55. The van der Waals surface area contributed by atoms with Gasteiger partial charge in [0.25, 0.3) is 5.91 Å². The standard InChI is InChI=1S/C22H26N2O6/c1-5-9-17(30-16-10-7-6-8-11-16)15(3)29-22(27)14(2)24-21(26)19-20(25)18(28-4)12-13-23-19/h5-8,10-15,17,25H,1,9H2,2-4H3,(H,24,26)/t14-,15-,17+/m0/s1. The molecule has 1 heterocycles. The second-order valence-corrected chi connectivity index (χ2v) is 6.54. The zero-order valence-corrected chi connectivity index (χ0v) is 17.2. The summed E-state index contributed by atoms with van der Waals surface area (Å²) in [7, 11) is 1.36. The number of amides is 1. The van der Waals surface area contributed by atoms with Gasteiger partial charge in [-0.05, 0) is 26.0 Å². The third kappa shape index (κ3) is 5.97. The van der Waals surface area contributed by atoms with E-state index in [0.717, 1.165) is 0 Å². The number of hydrogen-bond donors (Lipinski definition) is 2. The molecule has 0 unspecified atom stereocenters. The molecule has 0 saturated carbocycles. The van der Waals surface area contributed by atoms with Crippen molar-refractivity contribution in [2.45, 2.75) is 38.5 Å². The molecule has 0 aliphatic heterocycles. The highest BCUT2D eigenvalue weighted by Crippen LogP contribution is 2.27. The number of carbonyl (C=O) groups is 2. The minimum absolute atomic E-state index is 0.101. The van der Waals surface area contributed by atoms with E-state index in [2.05, 4.69) is 16.9 Å². The molecule has 1 aromatic heterocycles. The van der Waals surface area contributed by atoms with E-state index in [9.17, 15) is 14.7 Å². The van der Waals surface area contributed by atoms with Crippen molar-refractivity contribution in [3.63, 3.8) is 0 Å². The summed E-state index contributed by atoms with van der Waals surface area (Å²) >= 11 is 0. The summed E-state index contributed by atoms with van der Waals surface area (Å²) in [4.78, 5) is 28.7. The number of aromatic hydroxyl groups is 1. The minimum Gasteiger partial charge on any atom is -0.503 e. The van der Waals surface area contributed by atoms with Crippen LogP contribution >= 0.6 is 0 Å². The monoisotopic (exact) mass is 414 g/mol. The predicted molar refractivity (Wildman–Crippen MR) is 111 cm³/mol. The van der Waals surface area contributed by atoms with Gasteiger partial charge in [-0.15, -0.1) is 6.58 Å². The van der Waals surface area contributed by atoms with Crippen molar-refractivity contribution in [1.29, 1.82) is 0 Å². The van der Waals surface area contributed by atoms with E-state index in [0.29, 0.717) is 12.2 Å². The van der Waals surface area contributed by atoms with Crippen molar-refractivity contribution in [2.75, 3.05) is 7.11 Å². The number of hydrogen-bond acceptors (Lipinski definition) is 7. The van der Waals surface area contributed by atoms with Crippen molar-refractivity contribution in [3.8, 4) is 17.2 Å². The predicted octanol–water partition coefficient (Wildman–Crippen LogP) is 2.87. The van der Waals surface area contributed by atoms with E-state index >= 15 is 0 Å². The van der Waals surface area contributed by atoms with Crippen LogP contribution in [0.2, 0.25) is 0 Å². The molecule has 1 aromatic carbocycles. The van der Waals surface area contributed by atoms with Gasteiger partial charge in [0, 0.05) is 18.7 Å². The number of esters is 1. The molecule has 0 bridgehead atoms. The number of rotatable bonds is 10. The average molecular weight is 414 g/mol. The molecule has 0 radical (unpaired) electrons. The van der Waals surface area contributed by atoms with Gasteiger partial charge in [0.05, 0.1) is 7.11 Å². The summed E-state index contributed by atoms with van der Waals surface area (Å²) in [5.74, 6) is -1.04. The zero-order valence-electron chi connectivity index (χ0n) is 17.2. The molecule has 160 valence electrons. The third-order valence-corrected chi connectivity index (χ3v) is 4.28. The van der Waals surface area contributed by atoms with E-state index in [4.69, 9.17) is 14.2 Å². The second kappa shape index (κ2) is 10.8. The molecular formula is C22H26N2O6. The lowest BCUT2D eigenvalue weighted by Crippen LogP contribution is -2.43. The number of nitrogens with zero attached hydrogens (tertiary/aromatic N) is 1. The van der Waals surface area contributed by atoms with E-state index in [1.165, 1.54) is 26.3 Å². The van der Waals surface area contributed by atoms with Gasteiger partial charge in [-0.1, -0.05) is 24.3 Å². The van der Waals surface area contributed by atoms with Crippen LogP contribution in [0.25, 0.3) is 0 Å². The molecular weight excluding hydrogens is 388 g/mol. The summed E-state index contributed by atoms with van der Waals surface area (Å²) in [6, 6.07) is 9.61. The lowest BCUT2D eigenvalue weighted by molar-refractivity contribution is -0.154. The van der Waals surface area contributed by atoms with Crippen LogP contribution in [-0.2, 0) is 9.53 Å². The Bertz CT molecular complexity index is 871. The second-order valence-electron chi connectivity index (χ2n) is 6.54. The van der Waals surface area contributed by atoms with E-state index in [1.54, 1.807) is 25.1 Å². The first kappa shape index (κ1) is 22.7. The van der Waals surface area contributed by atoms with Gasteiger partial charge in [0.15, 0.2) is 17.2 Å². The number of pyridine rings is 1. The third-order valence-electron chi connectivity index (χ3n) is 4.28. The molecule has 30 heavy (non-hydrogen) atoms. The lowest BCUT2D eigenvalue weighted by Gasteiger charge is -2.25. The molecule has 1 amide bonds. The Balaban J connectivity index is 1.99. The van der Waals surface area contributed by atoms with Crippen molar-refractivity contribution in [1.82, 2.24) is 10.3 Å². The van der Waals surface area contributed by atoms with Crippen LogP contribution in [0.5, 0.6) is 17.2 Å². The number of para-hydroxylation sites is 1. The first-order chi connectivity index (χ1) is 14.4. The van der Waals surface area contributed by atoms with Crippen molar-refractivity contribution in [2.24, 2.45) is 0 Å². The number of benzene rings is 1. The number of ether oxygens (including phenoxy) is 3. The number of methoxy groups -OCH3 is 1. The highest BCUT2D eigenvalue weighted by molar-refractivity contribution is 5.97. The van der Waals surface area contributed by atoms with Crippen LogP contribution in [0.4, 0.5) is 0 Å². The molecule has 2 N–H and O–H groups in total. The highest BCUT2D eigenvalue weighted by atomic mass is 16.6. The molecule has 0 aliphatic rings. The topological polar surface area (TPSA) is 107 Å². The first-order valence-corrected chi connectivity index (χ1v) is 9.43. The SMILES string of the molecule is C=CC[C@@H](Oc1ccccc1)[C@H](C)OC(=O)[C@H](C)NC(=O)c1nccc(OC)c1O. The van der Waals surface area contributed by atoms with E-state index in [1.807, 2.05) is 18.2 Å². The first-order valence-electron chi connectivity index (χ1n) is 9.43. The number of nitrogens with one attached hydrogen (secondary N) is 1. The smallest absolute Gasteiger partial charge is 0.328 e. The Morgan fingerprint density at radius 3 is 2.57 bits per heavy atom. The molecule has 0 aliphatic carbocycles. The normalized spacial score (nSPS) is 13.4. The van der Waals surface area contributed by atoms with Crippen LogP contribution in [0.3, 0.4) is 0 Å². The van der Waals surface area contributed by atoms with Gasteiger partial charge < -0.3 is 24.6 Å². The summed E-state index contributed by atoms with van der Waals surface area (Å²) in [6.45, 7) is 6.90. The lowest BCUT2D eigenvalue weighted by atomic mass is 10.1. The Labute approximate surface area is 175 Å². The zero-order chi connectivity index (χ0) is 22.1. The quantitative estimate of drug-likeness (QED) is 0.455. The summed E-state index contributed by atoms with van der Waals surface area (Å²) in [6.07, 6.45) is 2.42. The summed E-state index contributed by atoms with van der Waals surface area (Å²) in [5.41, 5.74) is -0.251. The highest BCUT2D eigenvalue weighted by Gasteiger charge is 2.27. The van der Waals surface area contributed by atoms with Crippen molar-refractivity contribution >= 4 is 11.9 Å². The molecule has 8 nitrogen and oxygen atoms in total. The average Bonchev–Trinajstić information content (AvgIpc) is 2.74. The van der Waals surface area contributed by atoms with Gasteiger partial charge in [0.2, 0.25) is 0 Å². The minimum atomic E-state index is -0.978. The molecule has 8 heteroatoms. The van der Waals surface area contributed by atoms with Crippen LogP contribution in [0.1, 0.15) is 30.8 Å². The largest absolute Gasteiger partial charge is 0.503 e. The molecule has 0 saturated heterocycles.